The number of methoxy groups -OCH3 is 1. The van der Waals surface area contributed by atoms with Gasteiger partial charge in [0.25, 0.3) is 0 Å². The van der Waals surface area contributed by atoms with Crippen LogP contribution < -0.4 is 21.3 Å². The molecular formula is C27H45N5O5. The standard InChI is InChI=1S/C27H45N5O5/c1-26(2,3)21(17-28-4)30-25(36)29-19-13-10-8-6-7-9-12-18-16-27(18,24(35)37-5)31-22(33)20-14-11-15-32(20)23(19)34/h9,12,18-21,28H,6-8,10-11,13-17H2,1-5H3,(H,31,33)(H2,29,30,36)/b12-9-/t18?,19-,20-,21+,27+/m0/s1. The molecule has 1 saturated carbocycles. The van der Waals surface area contributed by atoms with E-state index in [-0.39, 0.29) is 35.2 Å². The van der Waals surface area contributed by atoms with Gasteiger partial charge in [-0.15, -0.1) is 0 Å². The van der Waals surface area contributed by atoms with Crippen molar-refractivity contribution in [2.45, 2.75) is 95.8 Å². The highest BCUT2D eigenvalue weighted by molar-refractivity contribution is 5.96. The molecule has 3 rings (SSSR count). The number of amides is 4. The number of esters is 1. The highest BCUT2D eigenvalue weighted by Gasteiger charge is 2.61. The largest absolute Gasteiger partial charge is 0.467 e. The molecule has 1 unspecified atom stereocenters. The minimum Gasteiger partial charge on any atom is -0.467 e. The van der Waals surface area contributed by atoms with Gasteiger partial charge < -0.3 is 30.9 Å². The zero-order chi connectivity index (χ0) is 27.2. The molecule has 4 N–H and O–H groups in total. The van der Waals surface area contributed by atoms with Crippen LogP contribution in [0.4, 0.5) is 4.79 Å². The normalized spacial score (nSPS) is 30.5. The molecule has 2 aliphatic heterocycles. The summed E-state index contributed by atoms with van der Waals surface area (Å²) in [5.74, 6) is -1.15. The van der Waals surface area contributed by atoms with E-state index in [1.54, 1.807) is 4.90 Å². The average molecular weight is 520 g/mol. The summed E-state index contributed by atoms with van der Waals surface area (Å²) in [6, 6.07) is -1.93. The Morgan fingerprint density at radius 2 is 1.95 bits per heavy atom. The van der Waals surface area contributed by atoms with Crippen LogP contribution in [0.15, 0.2) is 12.2 Å². The summed E-state index contributed by atoms with van der Waals surface area (Å²) in [5.41, 5.74) is -1.24. The van der Waals surface area contributed by atoms with Gasteiger partial charge in [-0.1, -0.05) is 45.8 Å². The second-order valence-electron chi connectivity index (χ2n) is 11.7. The third-order valence-electron chi connectivity index (χ3n) is 7.84. The third-order valence-corrected chi connectivity index (χ3v) is 7.84. The Labute approximate surface area is 220 Å². The molecule has 0 aromatic rings. The molecule has 0 spiro atoms. The lowest BCUT2D eigenvalue weighted by Crippen LogP contribution is -2.59. The van der Waals surface area contributed by atoms with E-state index in [9.17, 15) is 19.2 Å². The molecule has 10 heteroatoms. The minimum atomic E-state index is -1.06. The number of hydrogen-bond donors (Lipinski definition) is 4. The van der Waals surface area contributed by atoms with Gasteiger partial charge in [0, 0.05) is 25.0 Å². The van der Waals surface area contributed by atoms with Gasteiger partial charge in [-0.2, -0.15) is 0 Å². The van der Waals surface area contributed by atoms with Crippen molar-refractivity contribution in [2.75, 3.05) is 27.2 Å². The lowest BCUT2D eigenvalue weighted by molar-refractivity contribution is -0.148. The maximum absolute atomic E-state index is 13.7. The van der Waals surface area contributed by atoms with E-state index in [2.05, 4.69) is 48.1 Å². The maximum atomic E-state index is 13.7. The molecule has 2 fully saturated rings. The summed E-state index contributed by atoms with van der Waals surface area (Å²) in [5, 5.41) is 12.0. The summed E-state index contributed by atoms with van der Waals surface area (Å²) >= 11 is 0. The first-order chi connectivity index (χ1) is 17.5. The lowest BCUT2D eigenvalue weighted by atomic mass is 9.87. The Balaban J connectivity index is 1.78. The fraction of sp³-hybridized carbons (Fsp3) is 0.778. The van der Waals surface area contributed by atoms with Gasteiger partial charge in [0.2, 0.25) is 11.8 Å². The SMILES string of the molecule is CNC[C@@H](NC(=O)N[C@H]1CCCCC/C=C\C2C[C@@]2(C(=O)OC)NC(=O)[C@@H]2CCCN2C1=O)C(C)(C)C. The average Bonchev–Trinajstić information content (AvgIpc) is 3.30. The molecule has 0 bridgehead atoms. The molecular weight excluding hydrogens is 474 g/mol. The van der Waals surface area contributed by atoms with Crippen LogP contribution in [0.2, 0.25) is 0 Å². The van der Waals surface area contributed by atoms with Gasteiger partial charge in [-0.25, -0.2) is 9.59 Å². The summed E-state index contributed by atoms with van der Waals surface area (Å²) < 4.78 is 5.01. The molecule has 1 aliphatic carbocycles. The topological polar surface area (TPSA) is 129 Å². The first-order valence-corrected chi connectivity index (χ1v) is 13.6. The van der Waals surface area contributed by atoms with Crippen molar-refractivity contribution in [1.82, 2.24) is 26.2 Å². The Kier molecular flexibility index (Phi) is 9.61. The second kappa shape index (κ2) is 12.3. The second-order valence-corrected chi connectivity index (χ2v) is 11.7. The number of likely N-dealkylation sites (N-methyl/N-ethyl adjacent to an activating group) is 1. The van der Waals surface area contributed by atoms with Gasteiger partial charge in [0.05, 0.1) is 7.11 Å². The Morgan fingerprint density at radius 3 is 2.62 bits per heavy atom. The van der Waals surface area contributed by atoms with Crippen LogP contribution in [0.3, 0.4) is 0 Å². The van der Waals surface area contributed by atoms with E-state index in [1.807, 2.05) is 13.1 Å². The Hall–Kier alpha value is -2.62. The number of nitrogens with one attached hydrogen (secondary N) is 4. The zero-order valence-corrected chi connectivity index (χ0v) is 23.0. The smallest absolute Gasteiger partial charge is 0.332 e. The van der Waals surface area contributed by atoms with E-state index in [1.165, 1.54) is 7.11 Å². The van der Waals surface area contributed by atoms with Crippen LogP contribution in [-0.4, -0.2) is 79.6 Å². The predicted molar refractivity (Wildman–Crippen MR) is 141 cm³/mol. The van der Waals surface area contributed by atoms with Crippen LogP contribution in [0, 0.1) is 11.3 Å². The number of urea groups is 1. The molecule has 208 valence electrons. The molecule has 0 radical (unpaired) electrons. The molecule has 0 aromatic carbocycles. The van der Waals surface area contributed by atoms with Gasteiger partial charge >= 0.3 is 12.0 Å². The number of carbonyl (C=O) groups excluding carboxylic acids is 4. The van der Waals surface area contributed by atoms with Gasteiger partial charge in [0.1, 0.15) is 17.6 Å². The fourth-order valence-corrected chi connectivity index (χ4v) is 5.38. The number of allylic oxidation sites excluding steroid dienone is 1. The first-order valence-electron chi connectivity index (χ1n) is 13.6. The van der Waals surface area contributed by atoms with Crippen LogP contribution in [-0.2, 0) is 19.1 Å². The fourth-order valence-electron chi connectivity index (χ4n) is 5.38. The van der Waals surface area contributed by atoms with Crippen molar-refractivity contribution >= 4 is 23.8 Å². The van der Waals surface area contributed by atoms with E-state index in [4.69, 9.17) is 4.74 Å². The highest BCUT2D eigenvalue weighted by Crippen LogP contribution is 2.46. The minimum absolute atomic E-state index is 0.105. The van der Waals surface area contributed by atoms with E-state index in [0.717, 1.165) is 25.7 Å². The van der Waals surface area contributed by atoms with E-state index in [0.29, 0.717) is 38.8 Å². The number of fused-ring (bicyclic) bond motifs is 2. The summed E-state index contributed by atoms with van der Waals surface area (Å²) in [6.07, 6.45) is 9.74. The van der Waals surface area contributed by atoms with Crippen molar-refractivity contribution in [3.05, 3.63) is 12.2 Å². The van der Waals surface area contributed by atoms with Crippen LogP contribution in [0.1, 0.15) is 72.1 Å². The van der Waals surface area contributed by atoms with E-state index >= 15 is 0 Å². The Bertz CT molecular complexity index is 885. The maximum Gasteiger partial charge on any atom is 0.332 e. The zero-order valence-electron chi connectivity index (χ0n) is 23.0. The van der Waals surface area contributed by atoms with E-state index < -0.39 is 23.6 Å². The van der Waals surface area contributed by atoms with Gasteiger partial charge in [-0.05, 0) is 51.0 Å². The molecule has 10 nitrogen and oxygen atoms in total. The predicted octanol–water partition coefficient (Wildman–Crippen LogP) is 1.85. The lowest BCUT2D eigenvalue weighted by Gasteiger charge is -2.33. The van der Waals surface area contributed by atoms with Crippen molar-refractivity contribution in [3.63, 3.8) is 0 Å². The summed E-state index contributed by atoms with van der Waals surface area (Å²) in [4.78, 5) is 54.2. The first kappa shape index (κ1) is 28.9. The van der Waals surface area contributed by atoms with Crippen LogP contribution >= 0.6 is 0 Å². The monoisotopic (exact) mass is 519 g/mol. The highest BCUT2D eigenvalue weighted by atomic mass is 16.5. The number of hydrogen-bond acceptors (Lipinski definition) is 6. The molecule has 1 saturated heterocycles. The van der Waals surface area contributed by atoms with Crippen molar-refractivity contribution in [3.8, 4) is 0 Å². The van der Waals surface area contributed by atoms with Crippen molar-refractivity contribution in [1.29, 1.82) is 0 Å². The number of ether oxygens (including phenoxy) is 1. The third kappa shape index (κ3) is 7.03. The quantitative estimate of drug-likeness (QED) is 0.324. The summed E-state index contributed by atoms with van der Waals surface area (Å²) in [7, 11) is 3.16. The summed E-state index contributed by atoms with van der Waals surface area (Å²) in [6.45, 7) is 7.20. The van der Waals surface area contributed by atoms with Crippen LogP contribution in [0.25, 0.3) is 0 Å². The number of carbonyl (C=O) groups is 4. The molecule has 5 atom stereocenters. The van der Waals surface area contributed by atoms with Crippen molar-refractivity contribution < 1.29 is 23.9 Å². The number of rotatable bonds is 5. The molecule has 0 aromatic heterocycles. The van der Waals surface area contributed by atoms with Crippen LogP contribution in [0.5, 0.6) is 0 Å². The Morgan fingerprint density at radius 1 is 1.19 bits per heavy atom. The van der Waals surface area contributed by atoms with Gasteiger partial charge in [-0.3, -0.25) is 9.59 Å². The molecule has 2 heterocycles. The van der Waals surface area contributed by atoms with Gasteiger partial charge in [0.15, 0.2) is 0 Å². The molecule has 3 aliphatic rings. The number of nitrogens with zero attached hydrogens (tertiary/aromatic N) is 1. The molecule has 37 heavy (non-hydrogen) atoms. The van der Waals surface area contributed by atoms with Crippen molar-refractivity contribution in [2.24, 2.45) is 11.3 Å². The molecule has 4 amide bonds.